The van der Waals surface area contributed by atoms with Crippen LogP contribution in [-0.2, 0) is 0 Å². The van der Waals surface area contributed by atoms with Gasteiger partial charge in [0.1, 0.15) is 0 Å². The molecule has 0 atom stereocenters. The van der Waals surface area contributed by atoms with Crippen LogP contribution >= 0.6 is 0 Å². The number of anilines is 1. The summed E-state index contributed by atoms with van der Waals surface area (Å²) in [5, 5.41) is 4.56. The summed E-state index contributed by atoms with van der Waals surface area (Å²) in [5.74, 6) is 1.46. The summed E-state index contributed by atoms with van der Waals surface area (Å²) >= 11 is 0. The lowest BCUT2D eigenvalue weighted by Crippen LogP contribution is -2.32. The van der Waals surface area contributed by atoms with Crippen LogP contribution in [0, 0.1) is 0 Å². The van der Waals surface area contributed by atoms with Crippen LogP contribution in [0.1, 0.15) is 31.5 Å². The lowest BCUT2D eigenvalue weighted by Gasteiger charge is -2.29. The molecule has 0 unspecified atom stereocenters. The third-order valence-corrected chi connectivity index (χ3v) is 3.77. The Bertz CT molecular complexity index is 539. The van der Waals surface area contributed by atoms with Crippen LogP contribution in [0.4, 0.5) is 5.69 Å². The van der Waals surface area contributed by atoms with Gasteiger partial charge in [-0.15, -0.1) is 0 Å². The quantitative estimate of drug-likeness (QED) is 0.871. The van der Waals surface area contributed by atoms with Crippen molar-refractivity contribution in [1.29, 1.82) is 0 Å². The number of aromatic nitrogens is 3. The first-order chi connectivity index (χ1) is 8.76. The number of nitrogen functional groups attached to an aromatic ring is 1. The molecule has 1 aliphatic rings. The maximum absolute atomic E-state index is 5.75. The second-order valence-electron chi connectivity index (χ2n) is 4.94. The number of piperidine rings is 1. The van der Waals surface area contributed by atoms with E-state index in [9.17, 15) is 0 Å². The van der Waals surface area contributed by atoms with Gasteiger partial charge in [-0.05, 0) is 44.6 Å². The van der Waals surface area contributed by atoms with E-state index in [1.807, 2.05) is 18.3 Å². The van der Waals surface area contributed by atoms with Crippen molar-refractivity contribution < 1.29 is 0 Å². The van der Waals surface area contributed by atoms with Crippen molar-refractivity contribution >= 4 is 11.3 Å². The summed E-state index contributed by atoms with van der Waals surface area (Å²) < 4.78 is 1.79. The van der Waals surface area contributed by atoms with E-state index in [1.54, 1.807) is 4.52 Å². The van der Waals surface area contributed by atoms with Gasteiger partial charge in [0, 0.05) is 5.92 Å². The van der Waals surface area contributed by atoms with Crippen molar-refractivity contribution in [3.63, 3.8) is 0 Å². The van der Waals surface area contributed by atoms with Gasteiger partial charge in [0.25, 0.3) is 0 Å². The van der Waals surface area contributed by atoms with Gasteiger partial charge in [0.15, 0.2) is 11.5 Å². The fraction of sp³-hybridized carbons (Fsp3) is 0.538. The molecule has 0 aliphatic carbocycles. The first-order valence-corrected chi connectivity index (χ1v) is 6.60. The summed E-state index contributed by atoms with van der Waals surface area (Å²) in [6, 6.07) is 3.79. The van der Waals surface area contributed by atoms with Gasteiger partial charge in [0.05, 0.1) is 11.9 Å². The zero-order valence-electron chi connectivity index (χ0n) is 10.7. The van der Waals surface area contributed by atoms with Gasteiger partial charge in [-0.1, -0.05) is 6.92 Å². The molecule has 2 aromatic heterocycles. The highest BCUT2D eigenvalue weighted by Gasteiger charge is 2.22. The Kier molecular flexibility index (Phi) is 2.91. The minimum Gasteiger partial charge on any atom is -0.397 e. The maximum atomic E-state index is 5.75. The van der Waals surface area contributed by atoms with Gasteiger partial charge in [-0.2, -0.15) is 5.10 Å². The van der Waals surface area contributed by atoms with Crippen LogP contribution in [0.2, 0.25) is 0 Å². The summed E-state index contributed by atoms with van der Waals surface area (Å²) in [4.78, 5) is 7.08. The Morgan fingerprint density at radius 1 is 1.33 bits per heavy atom. The van der Waals surface area contributed by atoms with Crippen LogP contribution < -0.4 is 5.73 Å². The average Bonchev–Trinajstić information content (AvgIpc) is 2.81. The van der Waals surface area contributed by atoms with E-state index in [0.717, 1.165) is 49.6 Å². The van der Waals surface area contributed by atoms with Gasteiger partial charge < -0.3 is 10.6 Å². The van der Waals surface area contributed by atoms with Gasteiger partial charge in [-0.25, -0.2) is 9.50 Å². The smallest absolute Gasteiger partial charge is 0.155 e. The molecule has 18 heavy (non-hydrogen) atoms. The molecule has 1 saturated heterocycles. The third-order valence-electron chi connectivity index (χ3n) is 3.77. The summed E-state index contributed by atoms with van der Waals surface area (Å²) in [6.45, 7) is 5.66. The van der Waals surface area contributed by atoms with E-state index in [4.69, 9.17) is 5.73 Å². The fourth-order valence-electron chi connectivity index (χ4n) is 2.60. The molecule has 3 heterocycles. The lowest BCUT2D eigenvalue weighted by molar-refractivity contribution is 0.219. The Labute approximate surface area is 107 Å². The number of nitrogens with zero attached hydrogens (tertiary/aromatic N) is 4. The molecule has 1 aliphatic heterocycles. The molecule has 3 rings (SSSR count). The largest absolute Gasteiger partial charge is 0.397 e. The van der Waals surface area contributed by atoms with Gasteiger partial charge in [0.2, 0.25) is 0 Å². The van der Waals surface area contributed by atoms with E-state index in [0.29, 0.717) is 5.92 Å². The molecule has 0 spiro atoms. The molecule has 0 amide bonds. The molecule has 2 aromatic rings. The number of nitrogens with two attached hydrogens (primary N) is 1. The maximum Gasteiger partial charge on any atom is 0.155 e. The number of rotatable bonds is 2. The van der Waals surface area contributed by atoms with Crippen molar-refractivity contribution in [3.05, 3.63) is 24.2 Å². The van der Waals surface area contributed by atoms with Crippen LogP contribution in [0.5, 0.6) is 0 Å². The second kappa shape index (κ2) is 4.57. The number of fused-ring (bicyclic) bond motifs is 1. The van der Waals surface area contributed by atoms with E-state index < -0.39 is 0 Å². The first kappa shape index (κ1) is 11.5. The highest BCUT2D eigenvalue weighted by Crippen LogP contribution is 2.25. The Morgan fingerprint density at radius 2 is 2.11 bits per heavy atom. The third kappa shape index (κ3) is 2.06. The van der Waals surface area contributed by atoms with E-state index in [-0.39, 0.29) is 0 Å². The zero-order valence-corrected chi connectivity index (χ0v) is 10.7. The molecule has 0 bridgehead atoms. The SMILES string of the molecule is CCN1CCC(c2nc3ccc(N)cn3n2)CC1. The monoisotopic (exact) mass is 245 g/mol. The van der Waals surface area contributed by atoms with Gasteiger partial charge in [-0.3, -0.25) is 0 Å². The summed E-state index contributed by atoms with van der Waals surface area (Å²) in [6.07, 6.45) is 4.13. The molecule has 1 fully saturated rings. The standard InChI is InChI=1S/C13H19N5/c1-2-17-7-5-10(6-8-17)13-15-12-4-3-11(14)9-18(12)16-13/h3-4,9-10H,2,5-8,14H2,1H3. The molecule has 0 radical (unpaired) electrons. The predicted molar refractivity (Wildman–Crippen MR) is 71.5 cm³/mol. The number of pyridine rings is 1. The van der Waals surface area contributed by atoms with Crippen LogP contribution in [0.15, 0.2) is 18.3 Å². The van der Waals surface area contributed by atoms with E-state index in [1.165, 1.54) is 0 Å². The Balaban J connectivity index is 1.82. The number of likely N-dealkylation sites (tertiary alicyclic amines) is 1. The summed E-state index contributed by atoms with van der Waals surface area (Å²) in [7, 11) is 0. The molecule has 96 valence electrons. The normalized spacial score (nSPS) is 18.5. The molecular formula is C13H19N5. The average molecular weight is 245 g/mol. The zero-order chi connectivity index (χ0) is 12.5. The number of hydrogen-bond acceptors (Lipinski definition) is 4. The predicted octanol–water partition coefficient (Wildman–Crippen LogP) is 1.51. The molecule has 5 heteroatoms. The summed E-state index contributed by atoms with van der Waals surface area (Å²) in [5.41, 5.74) is 7.36. The Morgan fingerprint density at radius 3 is 2.83 bits per heavy atom. The minimum atomic E-state index is 0.494. The van der Waals surface area contributed by atoms with Crippen molar-refractivity contribution in [2.75, 3.05) is 25.4 Å². The van der Waals surface area contributed by atoms with Crippen molar-refractivity contribution in [2.24, 2.45) is 0 Å². The van der Waals surface area contributed by atoms with Gasteiger partial charge >= 0.3 is 0 Å². The lowest BCUT2D eigenvalue weighted by atomic mass is 9.96. The van der Waals surface area contributed by atoms with Crippen molar-refractivity contribution in [1.82, 2.24) is 19.5 Å². The van der Waals surface area contributed by atoms with E-state index in [2.05, 4.69) is 21.9 Å². The molecule has 0 aromatic carbocycles. The molecular weight excluding hydrogens is 226 g/mol. The highest BCUT2D eigenvalue weighted by molar-refractivity contribution is 5.46. The topological polar surface area (TPSA) is 59.5 Å². The minimum absolute atomic E-state index is 0.494. The van der Waals surface area contributed by atoms with Crippen LogP contribution in [0.25, 0.3) is 5.65 Å². The van der Waals surface area contributed by atoms with Crippen molar-refractivity contribution in [2.45, 2.75) is 25.7 Å². The molecule has 0 saturated carbocycles. The Hall–Kier alpha value is -1.62. The van der Waals surface area contributed by atoms with Crippen LogP contribution in [0.3, 0.4) is 0 Å². The second-order valence-corrected chi connectivity index (χ2v) is 4.94. The first-order valence-electron chi connectivity index (χ1n) is 6.60. The van der Waals surface area contributed by atoms with Crippen molar-refractivity contribution in [3.8, 4) is 0 Å². The van der Waals surface area contributed by atoms with E-state index >= 15 is 0 Å². The fourth-order valence-corrected chi connectivity index (χ4v) is 2.60. The molecule has 2 N–H and O–H groups in total. The van der Waals surface area contributed by atoms with Crippen LogP contribution in [-0.4, -0.2) is 39.1 Å². The molecule has 5 nitrogen and oxygen atoms in total. The number of hydrogen-bond donors (Lipinski definition) is 1. The highest BCUT2D eigenvalue weighted by atomic mass is 15.3.